The van der Waals surface area contributed by atoms with Crippen molar-refractivity contribution in [2.75, 3.05) is 33.1 Å². The van der Waals surface area contributed by atoms with Crippen LogP contribution in [0.4, 0.5) is 0 Å². The molecule has 0 radical (unpaired) electrons. The highest BCUT2D eigenvalue weighted by Crippen LogP contribution is 2.32. The zero-order valence-electron chi connectivity index (χ0n) is 12.1. The number of ether oxygens (including phenoxy) is 2. The number of rotatable bonds is 5. The van der Waals surface area contributed by atoms with Gasteiger partial charge in [-0.3, -0.25) is 4.79 Å². The number of likely N-dealkylation sites (tertiary alicyclic amines) is 1. The molecular weight excluding hydrogens is 274 g/mol. The largest absolute Gasteiger partial charge is 0.493 e. The Morgan fingerprint density at radius 3 is 2.50 bits per heavy atom. The van der Waals surface area contributed by atoms with E-state index in [1.54, 1.807) is 26.0 Å². The molecule has 0 bridgehead atoms. The first kappa shape index (κ1) is 15.0. The second-order valence-corrected chi connectivity index (χ2v) is 5.80. The Labute approximate surface area is 124 Å². The molecule has 1 aromatic rings. The third-order valence-corrected chi connectivity index (χ3v) is 4.40. The Balaban J connectivity index is 1.91. The zero-order chi connectivity index (χ0) is 14.4. The monoisotopic (exact) mass is 295 g/mol. The topological polar surface area (TPSA) is 38.8 Å². The van der Waals surface area contributed by atoms with Gasteiger partial charge in [-0.15, -0.1) is 11.8 Å². The first-order valence-corrected chi connectivity index (χ1v) is 7.85. The molecule has 1 aliphatic rings. The van der Waals surface area contributed by atoms with E-state index in [0.717, 1.165) is 30.8 Å². The molecule has 1 amide bonds. The SMILES string of the molecule is COc1ccc(SCC(=O)N2CCCCC2)cc1OC. The van der Waals surface area contributed by atoms with Crippen molar-refractivity contribution in [2.24, 2.45) is 0 Å². The molecule has 0 unspecified atom stereocenters. The molecule has 1 fully saturated rings. The van der Waals surface area contributed by atoms with Crippen LogP contribution in [0.5, 0.6) is 11.5 Å². The van der Waals surface area contributed by atoms with E-state index >= 15 is 0 Å². The Hall–Kier alpha value is -1.36. The van der Waals surface area contributed by atoms with Gasteiger partial charge in [0.25, 0.3) is 0 Å². The number of thioether (sulfide) groups is 1. The lowest BCUT2D eigenvalue weighted by Crippen LogP contribution is -2.36. The minimum atomic E-state index is 0.226. The maximum absolute atomic E-state index is 12.1. The van der Waals surface area contributed by atoms with Gasteiger partial charge in [0, 0.05) is 18.0 Å². The van der Waals surface area contributed by atoms with Crippen molar-refractivity contribution in [3.8, 4) is 11.5 Å². The van der Waals surface area contributed by atoms with Crippen LogP contribution in [-0.4, -0.2) is 43.9 Å². The molecule has 5 heteroatoms. The summed E-state index contributed by atoms with van der Waals surface area (Å²) in [6, 6.07) is 5.73. The number of hydrogen-bond acceptors (Lipinski definition) is 4. The van der Waals surface area contributed by atoms with Gasteiger partial charge < -0.3 is 14.4 Å². The van der Waals surface area contributed by atoms with Crippen LogP contribution in [0, 0.1) is 0 Å². The molecule has 0 saturated carbocycles. The summed E-state index contributed by atoms with van der Waals surface area (Å²) in [5.41, 5.74) is 0. The predicted octanol–water partition coefficient (Wildman–Crippen LogP) is 2.81. The van der Waals surface area contributed by atoms with Gasteiger partial charge in [0.1, 0.15) is 0 Å². The minimum absolute atomic E-state index is 0.226. The van der Waals surface area contributed by atoms with Crippen molar-refractivity contribution < 1.29 is 14.3 Å². The normalized spacial score (nSPS) is 15.0. The second kappa shape index (κ2) is 7.43. The molecule has 1 aromatic carbocycles. The van der Waals surface area contributed by atoms with Gasteiger partial charge >= 0.3 is 0 Å². The lowest BCUT2D eigenvalue weighted by molar-refractivity contribution is -0.129. The lowest BCUT2D eigenvalue weighted by Gasteiger charge is -2.26. The first-order valence-electron chi connectivity index (χ1n) is 6.87. The summed E-state index contributed by atoms with van der Waals surface area (Å²) in [5.74, 6) is 2.11. The Morgan fingerprint density at radius 1 is 1.15 bits per heavy atom. The molecule has 1 aliphatic heterocycles. The van der Waals surface area contributed by atoms with Crippen LogP contribution in [0.15, 0.2) is 23.1 Å². The van der Waals surface area contributed by atoms with Crippen LogP contribution >= 0.6 is 11.8 Å². The highest BCUT2D eigenvalue weighted by molar-refractivity contribution is 8.00. The predicted molar refractivity (Wildman–Crippen MR) is 80.7 cm³/mol. The zero-order valence-corrected chi connectivity index (χ0v) is 12.9. The number of carbonyl (C=O) groups excluding carboxylic acids is 1. The Bertz CT molecular complexity index is 458. The molecule has 20 heavy (non-hydrogen) atoms. The number of methoxy groups -OCH3 is 2. The van der Waals surface area contributed by atoms with Gasteiger partial charge in [0.05, 0.1) is 20.0 Å². The minimum Gasteiger partial charge on any atom is -0.493 e. The summed E-state index contributed by atoms with van der Waals surface area (Å²) >= 11 is 1.54. The van der Waals surface area contributed by atoms with Crippen LogP contribution in [0.25, 0.3) is 0 Å². The first-order chi connectivity index (χ1) is 9.74. The van der Waals surface area contributed by atoms with E-state index in [1.165, 1.54) is 6.42 Å². The van der Waals surface area contributed by atoms with Gasteiger partial charge in [-0.2, -0.15) is 0 Å². The molecule has 0 N–H and O–H groups in total. The van der Waals surface area contributed by atoms with Gasteiger partial charge in [-0.05, 0) is 37.5 Å². The van der Waals surface area contributed by atoms with Crippen molar-refractivity contribution >= 4 is 17.7 Å². The number of piperidine rings is 1. The molecule has 2 rings (SSSR count). The number of nitrogens with zero attached hydrogens (tertiary/aromatic N) is 1. The Morgan fingerprint density at radius 2 is 1.85 bits per heavy atom. The molecule has 0 atom stereocenters. The van der Waals surface area contributed by atoms with E-state index in [-0.39, 0.29) is 5.91 Å². The van der Waals surface area contributed by atoms with E-state index in [4.69, 9.17) is 9.47 Å². The molecule has 4 nitrogen and oxygen atoms in total. The average molecular weight is 295 g/mol. The number of hydrogen-bond donors (Lipinski definition) is 0. The summed E-state index contributed by atoms with van der Waals surface area (Å²) in [4.78, 5) is 15.1. The van der Waals surface area contributed by atoms with E-state index in [0.29, 0.717) is 17.3 Å². The van der Waals surface area contributed by atoms with Crippen molar-refractivity contribution in [2.45, 2.75) is 24.2 Å². The smallest absolute Gasteiger partial charge is 0.232 e. The summed E-state index contributed by atoms with van der Waals surface area (Å²) in [5, 5.41) is 0. The molecule has 1 saturated heterocycles. The van der Waals surface area contributed by atoms with Crippen LogP contribution in [0.2, 0.25) is 0 Å². The van der Waals surface area contributed by atoms with Gasteiger partial charge in [0.15, 0.2) is 11.5 Å². The number of amides is 1. The van der Waals surface area contributed by atoms with Crippen LogP contribution in [0.3, 0.4) is 0 Å². The second-order valence-electron chi connectivity index (χ2n) is 4.75. The molecule has 0 spiro atoms. The van der Waals surface area contributed by atoms with Crippen LogP contribution in [0.1, 0.15) is 19.3 Å². The van der Waals surface area contributed by atoms with E-state index in [9.17, 15) is 4.79 Å². The van der Waals surface area contributed by atoms with Crippen molar-refractivity contribution in [3.63, 3.8) is 0 Å². The van der Waals surface area contributed by atoms with Crippen molar-refractivity contribution in [1.29, 1.82) is 0 Å². The molecule has 0 aromatic heterocycles. The molecule has 1 heterocycles. The van der Waals surface area contributed by atoms with E-state index in [2.05, 4.69) is 0 Å². The average Bonchev–Trinajstić information content (AvgIpc) is 2.53. The highest BCUT2D eigenvalue weighted by Gasteiger charge is 2.16. The van der Waals surface area contributed by atoms with Gasteiger partial charge in [0.2, 0.25) is 5.91 Å². The van der Waals surface area contributed by atoms with E-state index in [1.807, 2.05) is 23.1 Å². The summed E-state index contributed by atoms with van der Waals surface area (Å²) in [7, 11) is 3.23. The summed E-state index contributed by atoms with van der Waals surface area (Å²) in [6.07, 6.45) is 3.51. The quantitative estimate of drug-likeness (QED) is 0.783. The van der Waals surface area contributed by atoms with Gasteiger partial charge in [-0.1, -0.05) is 0 Å². The van der Waals surface area contributed by atoms with Crippen LogP contribution in [-0.2, 0) is 4.79 Å². The molecule has 110 valence electrons. The Kier molecular flexibility index (Phi) is 5.59. The maximum atomic E-state index is 12.1. The van der Waals surface area contributed by atoms with Crippen molar-refractivity contribution in [3.05, 3.63) is 18.2 Å². The highest BCUT2D eigenvalue weighted by atomic mass is 32.2. The fraction of sp³-hybridized carbons (Fsp3) is 0.533. The summed E-state index contributed by atoms with van der Waals surface area (Å²) < 4.78 is 10.5. The van der Waals surface area contributed by atoms with E-state index < -0.39 is 0 Å². The molecule has 0 aliphatic carbocycles. The third-order valence-electron chi connectivity index (χ3n) is 3.43. The van der Waals surface area contributed by atoms with Gasteiger partial charge in [-0.25, -0.2) is 0 Å². The molecular formula is C15H21NO3S. The third kappa shape index (κ3) is 3.82. The van der Waals surface area contributed by atoms with Crippen molar-refractivity contribution in [1.82, 2.24) is 4.90 Å². The fourth-order valence-electron chi connectivity index (χ4n) is 2.29. The van der Waals surface area contributed by atoms with Crippen LogP contribution < -0.4 is 9.47 Å². The standard InChI is InChI=1S/C15H21NO3S/c1-18-13-7-6-12(10-14(13)19-2)20-11-15(17)16-8-4-3-5-9-16/h6-7,10H,3-5,8-9,11H2,1-2H3. The maximum Gasteiger partial charge on any atom is 0.232 e. The summed E-state index contributed by atoms with van der Waals surface area (Å²) in [6.45, 7) is 1.82. The number of carbonyl (C=O) groups is 1. The fourth-order valence-corrected chi connectivity index (χ4v) is 3.11. The number of benzene rings is 1. The lowest BCUT2D eigenvalue weighted by atomic mass is 10.1.